The average Bonchev–Trinajstić information content (AvgIpc) is 2.47. The molecule has 0 aliphatic rings. The number of nitro groups is 1. The van der Waals surface area contributed by atoms with Crippen LogP contribution in [0, 0.1) is 21.4 Å². The van der Waals surface area contributed by atoms with Crippen LogP contribution in [0.15, 0.2) is 36.5 Å². The molecule has 0 spiro atoms. The van der Waals surface area contributed by atoms with Gasteiger partial charge >= 0.3 is 11.7 Å². The zero-order chi connectivity index (χ0) is 15.4. The summed E-state index contributed by atoms with van der Waals surface area (Å²) in [4.78, 5) is 24.9. The molecule has 0 bridgehead atoms. The van der Waals surface area contributed by atoms with Crippen molar-refractivity contribution in [2.45, 2.75) is 0 Å². The monoisotopic (exact) mass is 285 g/mol. The number of nitrogens with zero attached hydrogens (tertiary/aromatic N) is 3. The number of carbonyl (C=O) groups is 1. The minimum Gasteiger partial charge on any atom is -0.478 e. The molecule has 0 fully saturated rings. The second-order valence-electron chi connectivity index (χ2n) is 3.84. The summed E-state index contributed by atoms with van der Waals surface area (Å²) < 4.78 is 5.24. The minimum absolute atomic E-state index is 0.0136. The van der Waals surface area contributed by atoms with Crippen molar-refractivity contribution in [2.24, 2.45) is 0 Å². The maximum atomic E-state index is 10.9. The topological polar surface area (TPSA) is 126 Å². The molecular weight excluding hydrogens is 278 g/mol. The number of carboxylic acid groups (broad SMARTS) is 1. The summed E-state index contributed by atoms with van der Waals surface area (Å²) >= 11 is 0. The average molecular weight is 285 g/mol. The van der Waals surface area contributed by atoms with E-state index in [0.29, 0.717) is 5.56 Å². The highest BCUT2D eigenvalue weighted by atomic mass is 16.6. The van der Waals surface area contributed by atoms with Gasteiger partial charge in [-0.05, 0) is 12.1 Å². The number of benzene rings is 1. The molecule has 8 nitrogen and oxygen atoms in total. The summed E-state index contributed by atoms with van der Waals surface area (Å²) in [7, 11) is 0. The van der Waals surface area contributed by atoms with Gasteiger partial charge in [0, 0.05) is 24.4 Å². The van der Waals surface area contributed by atoms with Crippen molar-refractivity contribution in [1.29, 1.82) is 5.26 Å². The lowest BCUT2D eigenvalue weighted by Gasteiger charge is -2.06. The van der Waals surface area contributed by atoms with Crippen LogP contribution in [0.5, 0.6) is 11.6 Å². The number of aromatic carboxylic acids is 1. The summed E-state index contributed by atoms with van der Waals surface area (Å²) in [6, 6.07) is 7.85. The van der Waals surface area contributed by atoms with E-state index in [0.717, 1.165) is 18.2 Å². The lowest BCUT2D eigenvalue weighted by Crippen LogP contribution is -2.00. The number of hydrogen-bond acceptors (Lipinski definition) is 6. The van der Waals surface area contributed by atoms with Crippen molar-refractivity contribution >= 4 is 11.7 Å². The second-order valence-corrected chi connectivity index (χ2v) is 3.84. The van der Waals surface area contributed by atoms with E-state index in [1.807, 2.05) is 6.07 Å². The number of ether oxygens (including phenoxy) is 1. The summed E-state index contributed by atoms with van der Waals surface area (Å²) in [6.07, 6.45) is 1.24. The first-order valence-electron chi connectivity index (χ1n) is 5.57. The molecule has 0 aliphatic carbocycles. The molecule has 0 saturated heterocycles. The van der Waals surface area contributed by atoms with Crippen LogP contribution in [0.25, 0.3) is 0 Å². The molecule has 0 radical (unpaired) electrons. The lowest BCUT2D eigenvalue weighted by molar-refractivity contribution is -0.385. The van der Waals surface area contributed by atoms with E-state index in [4.69, 9.17) is 15.1 Å². The van der Waals surface area contributed by atoms with Crippen molar-refractivity contribution in [3.63, 3.8) is 0 Å². The van der Waals surface area contributed by atoms with E-state index in [2.05, 4.69) is 4.98 Å². The van der Waals surface area contributed by atoms with Crippen molar-refractivity contribution in [3.05, 3.63) is 57.8 Å². The molecule has 1 aromatic carbocycles. The number of hydrogen-bond donors (Lipinski definition) is 1. The van der Waals surface area contributed by atoms with Crippen molar-refractivity contribution in [1.82, 2.24) is 4.98 Å². The zero-order valence-corrected chi connectivity index (χ0v) is 10.4. The Balaban J connectivity index is 2.40. The summed E-state index contributed by atoms with van der Waals surface area (Å²) in [5.41, 5.74) is -0.230. The molecular formula is C13H7N3O5. The maximum Gasteiger partial charge on any atom is 0.335 e. The first-order valence-corrected chi connectivity index (χ1v) is 5.57. The number of pyridine rings is 1. The Kier molecular flexibility index (Phi) is 3.76. The van der Waals surface area contributed by atoms with Crippen LogP contribution >= 0.6 is 0 Å². The first-order chi connectivity index (χ1) is 10.0. The van der Waals surface area contributed by atoms with E-state index >= 15 is 0 Å². The fourth-order valence-corrected chi connectivity index (χ4v) is 1.50. The van der Waals surface area contributed by atoms with Gasteiger partial charge in [0.25, 0.3) is 0 Å². The molecule has 1 heterocycles. The normalized spacial score (nSPS) is 9.67. The van der Waals surface area contributed by atoms with Gasteiger partial charge in [-0.25, -0.2) is 9.78 Å². The molecule has 0 aliphatic heterocycles. The Bertz CT molecular complexity index is 749. The van der Waals surface area contributed by atoms with Crippen LogP contribution < -0.4 is 4.74 Å². The number of rotatable bonds is 4. The molecule has 8 heteroatoms. The van der Waals surface area contributed by atoms with E-state index in [1.54, 1.807) is 0 Å². The van der Waals surface area contributed by atoms with Crippen LogP contribution in [-0.4, -0.2) is 21.0 Å². The third-order valence-electron chi connectivity index (χ3n) is 2.48. The quantitative estimate of drug-likeness (QED) is 0.674. The Morgan fingerprint density at radius 3 is 2.67 bits per heavy atom. The van der Waals surface area contributed by atoms with E-state index in [1.165, 1.54) is 18.3 Å². The smallest absolute Gasteiger partial charge is 0.335 e. The highest BCUT2D eigenvalue weighted by Gasteiger charge is 2.19. The van der Waals surface area contributed by atoms with Gasteiger partial charge in [-0.15, -0.1) is 0 Å². The van der Waals surface area contributed by atoms with Crippen molar-refractivity contribution < 1.29 is 19.6 Å². The molecule has 0 saturated carbocycles. The molecule has 2 rings (SSSR count). The maximum absolute atomic E-state index is 10.9. The van der Waals surface area contributed by atoms with Gasteiger partial charge in [0.1, 0.15) is 6.07 Å². The molecule has 2 aromatic rings. The van der Waals surface area contributed by atoms with Crippen LogP contribution in [0.3, 0.4) is 0 Å². The predicted octanol–water partition coefficient (Wildman–Crippen LogP) is 2.35. The largest absolute Gasteiger partial charge is 0.478 e. The standard InChI is InChI=1S/C13H7N3O5/c14-6-8-1-4-12(15-7-8)21-11-5-9(13(17)18)2-3-10(11)16(19)20/h1-5,7H,(H,17,18). The fraction of sp³-hybridized carbons (Fsp3) is 0. The second kappa shape index (κ2) is 5.66. The molecule has 0 unspecified atom stereocenters. The predicted molar refractivity (Wildman–Crippen MR) is 69.1 cm³/mol. The third kappa shape index (κ3) is 3.10. The first kappa shape index (κ1) is 14.0. The molecule has 0 atom stereocenters. The third-order valence-corrected chi connectivity index (χ3v) is 2.48. The lowest BCUT2D eigenvalue weighted by atomic mass is 10.2. The summed E-state index contributed by atoms with van der Waals surface area (Å²) in [5.74, 6) is -1.46. The number of nitro benzene ring substituents is 1. The van der Waals surface area contributed by atoms with E-state index in [9.17, 15) is 14.9 Å². The SMILES string of the molecule is N#Cc1ccc(Oc2cc(C(=O)O)ccc2[N+](=O)[O-])nc1. The Morgan fingerprint density at radius 1 is 1.38 bits per heavy atom. The molecule has 104 valence electrons. The molecule has 21 heavy (non-hydrogen) atoms. The molecule has 1 aromatic heterocycles. The van der Waals surface area contributed by atoms with Crippen LogP contribution in [0.4, 0.5) is 5.69 Å². The van der Waals surface area contributed by atoms with Gasteiger partial charge in [0.05, 0.1) is 16.1 Å². The van der Waals surface area contributed by atoms with Gasteiger partial charge in [0.15, 0.2) is 0 Å². The van der Waals surface area contributed by atoms with Gasteiger partial charge in [-0.2, -0.15) is 5.26 Å². The van der Waals surface area contributed by atoms with Crippen LogP contribution in [0.1, 0.15) is 15.9 Å². The van der Waals surface area contributed by atoms with Gasteiger partial charge in [0.2, 0.25) is 11.6 Å². The fourth-order valence-electron chi connectivity index (χ4n) is 1.50. The van der Waals surface area contributed by atoms with Crippen molar-refractivity contribution in [3.8, 4) is 17.7 Å². The Morgan fingerprint density at radius 2 is 2.14 bits per heavy atom. The molecule has 0 amide bonds. The van der Waals surface area contributed by atoms with Gasteiger partial charge in [-0.3, -0.25) is 10.1 Å². The van der Waals surface area contributed by atoms with E-state index < -0.39 is 10.9 Å². The van der Waals surface area contributed by atoms with Crippen molar-refractivity contribution in [2.75, 3.05) is 0 Å². The number of aromatic nitrogens is 1. The van der Waals surface area contributed by atoms with Gasteiger partial charge < -0.3 is 9.84 Å². The zero-order valence-electron chi connectivity index (χ0n) is 10.4. The Hall–Kier alpha value is -3.47. The summed E-state index contributed by atoms with van der Waals surface area (Å²) in [6.45, 7) is 0. The Labute approximate surface area is 118 Å². The van der Waals surface area contributed by atoms with E-state index in [-0.39, 0.29) is 22.9 Å². The van der Waals surface area contributed by atoms with Crippen LogP contribution in [0.2, 0.25) is 0 Å². The number of nitriles is 1. The number of carboxylic acids is 1. The molecule has 1 N–H and O–H groups in total. The summed E-state index contributed by atoms with van der Waals surface area (Å²) in [5, 5.41) is 28.5. The minimum atomic E-state index is -1.23. The highest BCUT2D eigenvalue weighted by Crippen LogP contribution is 2.31. The van der Waals surface area contributed by atoms with Crippen LogP contribution in [-0.2, 0) is 0 Å². The van der Waals surface area contributed by atoms with Gasteiger partial charge in [-0.1, -0.05) is 0 Å². The highest BCUT2D eigenvalue weighted by molar-refractivity contribution is 5.88.